The smallest absolute Gasteiger partial charge is 0.194 e. The summed E-state index contributed by atoms with van der Waals surface area (Å²) in [4.78, 5) is 10.9. The van der Waals surface area contributed by atoms with E-state index in [2.05, 4.69) is 38.5 Å². The fourth-order valence-electron chi connectivity index (χ4n) is 1.61. The summed E-state index contributed by atoms with van der Waals surface area (Å²) in [7, 11) is 3.92. The van der Waals surface area contributed by atoms with Gasteiger partial charge in [-0.15, -0.1) is 0 Å². The molecular formula is C12H24N6S. The van der Waals surface area contributed by atoms with Gasteiger partial charge in [-0.05, 0) is 25.4 Å². The fraction of sp³-hybridized carbons (Fsp3) is 0.750. The Bertz CT molecular complexity index is 389. The molecule has 19 heavy (non-hydrogen) atoms. The van der Waals surface area contributed by atoms with Gasteiger partial charge in [0.2, 0.25) is 0 Å². The van der Waals surface area contributed by atoms with Crippen molar-refractivity contribution >= 4 is 17.7 Å². The molecule has 0 saturated carbocycles. The third kappa shape index (κ3) is 5.50. The molecule has 0 atom stereocenters. The van der Waals surface area contributed by atoms with Crippen molar-refractivity contribution in [2.24, 2.45) is 12.0 Å². The van der Waals surface area contributed by atoms with Crippen LogP contribution in [0.5, 0.6) is 0 Å². The highest BCUT2D eigenvalue weighted by molar-refractivity contribution is 7.98. The first-order valence-electron chi connectivity index (χ1n) is 6.50. The third-order valence-electron chi connectivity index (χ3n) is 2.65. The van der Waals surface area contributed by atoms with Gasteiger partial charge in [0, 0.05) is 27.2 Å². The van der Waals surface area contributed by atoms with E-state index in [0.717, 1.165) is 37.0 Å². The van der Waals surface area contributed by atoms with Gasteiger partial charge >= 0.3 is 0 Å². The third-order valence-corrected chi connectivity index (χ3v) is 3.35. The number of aryl methyl sites for hydroxylation is 1. The van der Waals surface area contributed by atoms with Crippen LogP contribution in [-0.4, -0.2) is 57.8 Å². The van der Waals surface area contributed by atoms with Crippen LogP contribution in [0.3, 0.4) is 0 Å². The van der Waals surface area contributed by atoms with Crippen LogP contribution in [0.1, 0.15) is 19.2 Å². The lowest BCUT2D eigenvalue weighted by Gasteiger charge is -2.21. The standard InChI is InChI=1S/C12H24N6S/c1-5-13-12(14-7-6-8-19-4)17(2)9-11-15-10-16-18(11)3/h10H,5-9H2,1-4H3,(H,13,14). The number of nitrogens with one attached hydrogen (secondary N) is 1. The van der Waals surface area contributed by atoms with Gasteiger partial charge in [-0.25, -0.2) is 4.98 Å². The van der Waals surface area contributed by atoms with Gasteiger partial charge in [-0.1, -0.05) is 0 Å². The highest BCUT2D eigenvalue weighted by atomic mass is 32.2. The van der Waals surface area contributed by atoms with E-state index in [1.54, 1.807) is 11.0 Å². The Morgan fingerprint density at radius 1 is 1.58 bits per heavy atom. The second kappa shape index (κ2) is 8.79. The molecule has 0 radical (unpaired) electrons. The molecular weight excluding hydrogens is 260 g/mol. The Morgan fingerprint density at radius 3 is 2.95 bits per heavy atom. The van der Waals surface area contributed by atoms with Crippen LogP contribution in [0, 0.1) is 0 Å². The van der Waals surface area contributed by atoms with Crippen LogP contribution >= 0.6 is 11.8 Å². The average Bonchev–Trinajstić information content (AvgIpc) is 2.79. The average molecular weight is 284 g/mol. The first-order valence-corrected chi connectivity index (χ1v) is 7.89. The Hall–Kier alpha value is -1.24. The molecule has 0 aliphatic carbocycles. The Morgan fingerprint density at radius 2 is 2.37 bits per heavy atom. The molecule has 0 aromatic carbocycles. The zero-order valence-electron chi connectivity index (χ0n) is 12.3. The van der Waals surface area contributed by atoms with E-state index in [1.807, 2.05) is 25.9 Å². The number of guanidine groups is 1. The van der Waals surface area contributed by atoms with Crippen LogP contribution in [0.4, 0.5) is 0 Å². The van der Waals surface area contributed by atoms with Crippen LogP contribution in [0.15, 0.2) is 11.3 Å². The minimum Gasteiger partial charge on any atom is -0.357 e. The van der Waals surface area contributed by atoms with Crippen molar-refractivity contribution in [1.82, 2.24) is 25.0 Å². The molecule has 0 unspecified atom stereocenters. The minimum atomic E-state index is 0.699. The summed E-state index contributed by atoms with van der Waals surface area (Å²) in [5, 5.41) is 7.38. The lowest BCUT2D eigenvalue weighted by Crippen LogP contribution is -2.39. The second-order valence-electron chi connectivity index (χ2n) is 4.24. The van der Waals surface area contributed by atoms with Crippen molar-refractivity contribution in [3.63, 3.8) is 0 Å². The lowest BCUT2D eigenvalue weighted by atomic mass is 10.5. The zero-order chi connectivity index (χ0) is 14.1. The molecule has 0 aliphatic rings. The maximum absolute atomic E-state index is 4.62. The maximum atomic E-state index is 4.62. The van der Waals surface area contributed by atoms with Gasteiger partial charge in [0.1, 0.15) is 12.2 Å². The molecule has 1 heterocycles. The second-order valence-corrected chi connectivity index (χ2v) is 5.22. The minimum absolute atomic E-state index is 0.699. The van der Waals surface area contributed by atoms with E-state index >= 15 is 0 Å². The zero-order valence-corrected chi connectivity index (χ0v) is 13.1. The van der Waals surface area contributed by atoms with Crippen molar-refractivity contribution in [2.45, 2.75) is 19.9 Å². The largest absolute Gasteiger partial charge is 0.357 e. The molecule has 108 valence electrons. The molecule has 0 aliphatic heterocycles. The van der Waals surface area contributed by atoms with Crippen molar-refractivity contribution < 1.29 is 0 Å². The number of rotatable bonds is 7. The van der Waals surface area contributed by atoms with Crippen molar-refractivity contribution in [3.8, 4) is 0 Å². The summed E-state index contributed by atoms with van der Waals surface area (Å²) in [5.74, 6) is 3.00. The predicted molar refractivity (Wildman–Crippen MR) is 81.4 cm³/mol. The van der Waals surface area contributed by atoms with E-state index < -0.39 is 0 Å². The van der Waals surface area contributed by atoms with Crippen molar-refractivity contribution in [2.75, 3.05) is 32.1 Å². The molecule has 0 bridgehead atoms. The van der Waals surface area contributed by atoms with Gasteiger partial charge < -0.3 is 10.2 Å². The molecule has 1 N–H and O–H groups in total. The quantitative estimate of drug-likeness (QED) is 0.459. The van der Waals surface area contributed by atoms with E-state index in [-0.39, 0.29) is 0 Å². The topological polar surface area (TPSA) is 58.3 Å². The normalized spacial score (nSPS) is 11.7. The van der Waals surface area contributed by atoms with E-state index in [1.165, 1.54) is 0 Å². The highest BCUT2D eigenvalue weighted by Gasteiger charge is 2.09. The molecule has 1 aromatic heterocycles. The molecule has 6 nitrogen and oxygen atoms in total. The van der Waals surface area contributed by atoms with Gasteiger partial charge in [-0.3, -0.25) is 9.67 Å². The van der Waals surface area contributed by atoms with Gasteiger partial charge in [0.15, 0.2) is 5.96 Å². The van der Waals surface area contributed by atoms with Gasteiger partial charge in [0.25, 0.3) is 0 Å². The van der Waals surface area contributed by atoms with Crippen LogP contribution in [0.25, 0.3) is 0 Å². The SMILES string of the molecule is CCNC(=NCCCSC)N(C)Cc1ncnn1C. The Kier molecular flexibility index (Phi) is 7.32. The number of aromatic nitrogens is 3. The van der Waals surface area contributed by atoms with E-state index in [4.69, 9.17) is 0 Å². The summed E-state index contributed by atoms with van der Waals surface area (Å²) in [5.41, 5.74) is 0. The molecule has 0 saturated heterocycles. The van der Waals surface area contributed by atoms with Crippen LogP contribution in [-0.2, 0) is 13.6 Å². The molecule has 0 fully saturated rings. The number of aliphatic imine (C=N–C) groups is 1. The van der Waals surface area contributed by atoms with E-state index in [0.29, 0.717) is 6.54 Å². The number of nitrogens with zero attached hydrogens (tertiary/aromatic N) is 5. The van der Waals surface area contributed by atoms with Gasteiger partial charge in [0.05, 0.1) is 6.54 Å². The first kappa shape index (κ1) is 15.8. The lowest BCUT2D eigenvalue weighted by molar-refractivity contribution is 0.448. The highest BCUT2D eigenvalue weighted by Crippen LogP contribution is 2.00. The summed E-state index contributed by atoms with van der Waals surface area (Å²) >= 11 is 1.86. The summed E-state index contributed by atoms with van der Waals surface area (Å²) in [6.45, 7) is 4.50. The van der Waals surface area contributed by atoms with Crippen molar-refractivity contribution in [1.29, 1.82) is 0 Å². The van der Waals surface area contributed by atoms with Crippen LogP contribution < -0.4 is 5.32 Å². The summed E-state index contributed by atoms with van der Waals surface area (Å²) in [6.07, 6.45) is 4.80. The predicted octanol–water partition coefficient (Wildman–Crippen LogP) is 0.965. The Balaban J connectivity index is 2.56. The van der Waals surface area contributed by atoms with Gasteiger partial charge in [-0.2, -0.15) is 16.9 Å². The first-order chi connectivity index (χ1) is 9.19. The number of hydrogen-bond acceptors (Lipinski definition) is 4. The summed E-state index contributed by atoms with van der Waals surface area (Å²) < 4.78 is 1.79. The monoisotopic (exact) mass is 284 g/mol. The van der Waals surface area contributed by atoms with Crippen molar-refractivity contribution in [3.05, 3.63) is 12.2 Å². The Labute approximate surface area is 119 Å². The number of hydrogen-bond donors (Lipinski definition) is 1. The van der Waals surface area contributed by atoms with E-state index in [9.17, 15) is 0 Å². The molecule has 1 aromatic rings. The number of thioether (sulfide) groups is 1. The molecule has 0 spiro atoms. The fourth-order valence-corrected chi connectivity index (χ4v) is 2.03. The molecule has 1 rings (SSSR count). The molecule has 7 heteroatoms. The van der Waals surface area contributed by atoms with Crippen LogP contribution in [0.2, 0.25) is 0 Å². The molecule has 0 amide bonds. The summed E-state index contributed by atoms with van der Waals surface area (Å²) in [6, 6.07) is 0. The maximum Gasteiger partial charge on any atom is 0.194 e.